The summed E-state index contributed by atoms with van der Waals surface area (Å²) in [6.07, 6.45) is 28.2. The van der Waals surface area contributed by atoms with E-state index in [-0.39, 0.29) is 59.1 Å². The summed E-state index contributed by atoms with van der Waals surface area (Å²) in [5.74, 6) is -4.08. The smallest absolute Gasteiger partial charge is 0.550 e. The normalized spacial score (nSPS) is 11.1. The molecule has 0 saturated heterocycles. The van der Waals surface area contributed by atoms with Crippen molar-refractivity contribution in [1.29, 1.82) is 0 Å². The summed E-state index contributed by atoms with van der Waals surface area (Å²) in [5.41, 5.74) is 0. The number of aliphatic hydroxyl groups excluding tert-OH is 2. The standard InChI is InChI=1S/2C13H28O.C4H6O7S.2Na/c2*1-2-3-4-5-6-7-8-9-10-11-12-13-14;5-3(6)1-2(4(7)8)12(9,10)11;;/h2*14H,2-13H2,1H3;2H,1H2,(H,5,6)(H,7,8)(H,9,10,11);;/q;;;2*+1/p-2. The molecular formula is C30H60Na2O9S. The molecule has 0 amide bonds. The van der Waals surface area contributed by atoms with Crippen molar-refractivity contribution in [3.63, 3.8) is 0 Å². The van der Waals surface area contributed by atoms with Gasteiger partial charge in [0.2, 0.25) is 0 Å². The van der Waals surface area contributed by atoms with Crippen molar-refractivity contribution >= 4 is 22.1 Å². The third-order valence-electron chi connectivity index (χ3n) is 6.50. The summed E-state index contributed by atoms with van der Waals surface area (Å²) < 4.78 is 28.5. The van der Waals surface area contributed by atoms with Gasteiger partial charge < -0.3 is 30.0 Å². The summed E-state index contributed by atoms with van der Waals surface area (Å²) in [4.78, 5) is 19.7. The van der Waals surface area contributed by atoms with Crippen molar-refractivity contribution < 1.29 is 102 Å². The van der Waals surface area contributed by atoms with Crippen molar-refractivity contribution in [3.8, 4) is 0 Å². The van der Waals surface area contributed by atoms with Crippen molar-refractivity contribution in [3.05, 3.63) is 0 Å². The molecule has 0 bridgehead atoms. The Morgan fingerprint density at radius 1 is 0.548 bits per heavy atom. The Bertz CT molecular complexity index is 603. The molecule has 0 aliphatic carbocycles. The summed E-state index contributed by atoms with van der Waals surface area (Å²) in [7, 11) is -4.94. The van der Waals surface area contributed by atoms with E-state index in [1.54, 1.807) is 0 Å². The van der Waals surface area contributed by atoms with Crippen LogP contribution in [0.2, 0.25) is 0 Å². The van der Waals surface area contributed by atoms with Crippen LogP contribution in [0.1, 0.15) is 162 Å². The average Bonchev–Trinajstić information content (AvgIpc) is 2.89. The number of carboxylic acid groups (broad SMARTS) is 2. The number of carboxylic acids is 2. The van der Waals surface area contributed by atoms with Crippen molar-refractivity contribution in [1.82, 2.24) is 0 Å². The van der Waals surface area contributed by atoms with Crippen LogP contribution in [0.3, 0.4) is 0 Å². The number of unbranched alkanes of at least 4 members (excludes halogenated alkanes) is 20. The van der Waals surface area contributed by atoms with E-state index >= 15 is 0 Å². The Hall–Kier alpha value is 0.770. The molecule has 1 unspecified atom stereocenters. The molecule has 0 fully saturated rings. The number of aliphatic hydroxyl groups is 2. The van der Waals surface area contributed by atoms with Crippen LogP contribution in [0.4, 0.5) is 0 Å². The van der Waals surface area contributed by atoms with Gasteiger partial charge in [0.25, 0.3) is 10.1 Å². The molecule has 0 aliphatic rings. The molecule has 12 heteroatoms. The molecule has 242 valence electrons. The maximum atomic E-state index is 10.2. The topological polar surface area (TPSA) is 175 Å². The molecule has 0 rings (SSSR count). The Kier molecular flexibility index (Phi) is 52.0. The molecule has 0 aliphatic heterocycles. The minimum atomic E-state index is -4.94. The van der Waals surface area contributed by atoms with Gasteiger partial charge in [0.05, 0.1) is 5.97 Å². The fourth-order valence-electron chi connectivity index (χ4n) is 4.01. The molecule has 0 saturated carbocycles. The van der Waals surface area contributed by atoms with Gasteiger partial charge in [-0.2, -0.15) is 8.42 Å². The van der Waals surface area contributed by atoms with Crippen LogP contribution in [-0.4, -0.2) is 53.6 Å². The second-order valence-corrected chi connectivity index (χ2v) is 12.0. The van der Waals surface area contributed by atoms with Gasteiger partial charge in [-0.3, -0.25) is 4.55 Å². The van der Waals surface area contributed by atoms with Crippen LogP contribution in [0, 0.1) is 0 Å². The van der Waals surface area contributed by atoms with Crippen molar-refractivity contribution in [2.75, 3.05) is 13.2 Å². The van der Waals surface area contributed by atoms with Crippen LogP contribution in [0.25, 0.3) is 0 Å². The van der Waals surface area contributed by atoms with E-state index < -0.39 is 33.7 Å². The van der Waals surface area contributed by atoms with Gasteiger partial charge in [-0.15, -0.1) is 0 Å². The van der Waals surface area contributed by atoms with Gasteiger partial charge in [-0.05, 0) is 12.8 Å². The minimum absolute atomic E-state index is 0. The zero-order valence-corrected chi connectivity index (χ0v) is 32.3. The quantitative estimate of drug-likeness (QED) is 0.0590. The molecule has 42 heavy (non-hydrogen) atoms. The van der Waals surface area contributed by atoms with E-state index in [4.69, 9.17) is 14.8 Å². The summed E-state index contributed by atoms with van der Waals surface area (Å²) in [6, 6.07) is 0. The number of hydrogen-bond donors (Lipinski definition) is 3. The van der Waals surface area contributed by atoms with E-state index in [0.29, 0.717) is 13.2 Å². The first kappa shape index (κ1) is 52.3. The Labute approximate surface area is 301 Å². The van der Waals surface area contributed by atoms with Crippen LogP contribution in [-0.2, 0) is 19.7 Å². The maximum Gasteiger partial charge on any atom is 1.00 e. The minimum Gasteiger partial charge on any atom is -0.550 e. The molecule has 0 aromatic rings. The summed E-state index contributed by atoms with van der Waals surface area (Å²) in [6.45, 7) is 5.27. The van der Waals surface area contributed by atoms with E-state index in [2.05, 4.69) is 13.8 Å². The monoisotopic (exact) mass is 642 g/mol. The van der Waals surface area contributed by atoms with Gasteiger partial charge in [-0.1, -0.05) is 142 Å². The molecule has 1 atom stereocenters. The zero-order valence-electron chi connectivity index (χ0n) is 27.5. The van der Waals surface area contributed by atoms with Crippen molar-refractivity contribution in [2.45, 2.75) is 167 Å². The number of hydrogen-bond acceptors (Lipinski definition) is 8. The second-order valence-electron chi connectivity index (χ2n) is 10.4. The van der Waals surface area contributed by atoms with Crippen molar-refractivity contribution in [2.24, 2.45) is 0 Å². The molecule has 0 heterocycles. The summed E-state index contributed by atoms with van der Waals surface area (Å²) in [5, 5.41) is 34.4. The van der Waals surface area contributed by atoms with Crippen LogP contribution < -0.4 is 69.3 Å². The third-order valence-corrected chi connectivity index (χ3v) is 7.58. The third kappa shape index (κ3) is 47.7. The van der Waals surface area contributed by atoms with Gasteiger partial charge in [-0.25, -0.2) is 0 Å². The predicted octanol–water partition coefficient (Wildman–Crippen LogP) is -1.28. The van der Waals surface area contributed by atoms with Gasteiger partial charge >= 0.3 is 59.1 Å². The molecule has 0 spiro atoms. The fraction of sp³-hybridized carbons (Fsp3) is 0.933. The molecule has 0 aromatic carbocycles. The Morgan fingerprint density at radius 2 is 0.786 bits per heavy atom. The van der Waals surface area contributed by atoms with E-state index in [1.807, 2.05) is 0 Å². The number of rotatable bonds is 26. The second kappa shape index (κ2) is 41.8. The molecule has 0 aromatic heterocycles. The number of carbonyl (C=O) groups is 2. The largest absolute Gasteiger partial charge is 1.00 e. The van der Waals surface area contributed by atoms with E-state index in [0.717, 1.165) is 12.8 Å². The average molecular weight is 643 g/mol. The van der Waals surface area contributed by atoms with Crippen LogP contribution in [0.5, 0.6) is 0 Å². The molecule has 9 nitrogen and oxygen atoms in total. The van der Waals surface area contributed by atoms with Crippen LogP contribution in [0.15, 0.2) is 0 Å². The number of carbonyl (C=O) groups excluding carboxylic acids is 2. The first-order chi connectivity index (χ1) is 19.1. The number of aliphatic carboxylic acids is 2. The first-order valence-electron chi connectivity index (χ1n) is 15.7. The van der Waals surface area contributed by atoms with Crippen LogP contribution >= 0.6 is 0 Å². The van der Waals surface area contributed by atoms with E-state index in [9.17, 15) is 28.2 Å². The maximum absolute atomic E-state index is 10.2. The SMILES string of the molecule is CCCCCCCCCCCCCO.CCCCCCCCCCCCCO.O=C([O-])CC(C(=O)[O-])S(=O)(=O)O.[Na+].[Na+]. The first-order valence-corrected chi connectivity index (χ1v) is 17.2. The fourth-order valence-corrected chi connectivity index (χ4v) is 4.60. The van der Waals surface area contributed by atoms with E-state index in [1.165, 1.54) is 128 Å². The zero-order chi connectivity index (χ0) is 30.9. The predicted molar refractivity (Wildman–Crippen MR) is 157 cm³/mol. The summed E-state index contributed by atoms with van der Waals surface area (Å²) >= 11 is 0. The Balaban J connectivity index is -0.000000160. The van der Waals surface area contributed by atoms with Gasteiger partial charge in [0, 0.05) is 25.6 Å². The van der Waals surface area contributed by atoms with Gasteiger partial charge in [0.1, 0.15) is 5.25 Å². The molecular weight excluding hydrogens is 582 g/mol. The molecule has 0 radical (unpaired) electrons. The molecule has 3 N–H and O–H groups in total. The van der Waals surface area contributed by atoms with Gasteiger partial charge in [0.15, 0.2) is 0 Å². The Morgan fingerprint density at radius 3 is 0.929 bits per heavy atom.